The van der Waals surface area contributed by atoms with Gasteiger partial charge in [-0.05, 0) is 49.2 Å². The summed E-state index contributed by atoms with van der Waals surface area (Å²) in [6.45, 7) is 1.17. The highest BCUT2D eigenvalue weighted by Gasteiger charge is 2.25. The Kier molecular flexibility index (Phi) is 6.63. The Bertz CT molecular complexity index is 1240. The molecule has 32 heavy (non-hydrogen) atoms. The predicted octanol–water partition coefficient (Wildman–Crippen LogP) is 1.82. The van der Waals surface area contributed by atoms with Crippen LogP contribution in [0.1, 0.15) is 34.3 Å². The van der Waals surface area contributed by atoms with Crippen LogP contribution in [0.3, 0.4) is 0 Å². The molecule has 1 amide bonds. The van der Waals surface area contributed by atoms with Crippen LogP contribution in [0, 0.1) is 11.8 Å². The molecule has 0 bridgehead atoms. The molecule has 2 aromatic heterocycles. The highest BCUT2D eigenvalue weighted by Crippen LogP contribution is 2.16. The van der Waals surface area contributed by atoms with Crippen LogP contribution in [0.15, 0.2) is 61.2 Å². The second kappa shape index (κ2) is 9.77. The molecule has 0 radical (unpaired) electrons. The summed E-state index contributed by atoms with van der Waals surface area (Å²) in [6.07, 6.45) is 8.58. The first-order valence-electron chi connectivity index (χ1n) is 10.3. The van der Waals surface area contributed by atoms with Crippen molar-refractivity contribution in [2.45, 2.75) is 12.8 Å². The van der Waals surface area contributed by atoms with E-state index in [4.69, 9.17) is 0 Å². The van der Waals surface area contributed by atoms with E-state index >= 15 is 0 Å². The van der Waals surface area contributed by atoms with Crippen LogP contribution in [0.4, 0.5) is 0 Å². The lowest BCUT2D eigenvalue weighted by Gasteiger charge is -2.15. The van der Waals surface area contributed by atoms with E-state index in [2.05, 4.69) is 27.2 Å². The van der Waals surface area contributed by atoms with Gasteiger partial charge >= 0.3 is 0 Å². The van der Waals surface area contributed by atoms with Gasteiger partial charge in [0.2, 0.25) is 10.0 Å². The number of amides is 1. The van der Waals surface area contributed by atoms with Gasteiger partial charge in [0.1, 0.15) is 0 Å². The summed E-state index contributed by atoms with van der Waals surface area (Å²) in [5.74, 6) is 5.69. The number of carbonyl (C=O) groups is 1. The van der Waals surface area contributed by atoms with Gasteiger partial charge in [-0.15, -0.1) is 0 Å². The van der Waals surface area contributed by atoms with E-state index in [0.29, 0.717) is 24.2 Å². The van der Waals surface area contributed by atoms with Crippen molar-refractivity contribution in [3.8, 4) is 17.5 Å². The SMILES string of the molecule is O=C(NCCS(=O)(=O)N1CCCC1)c1ccc(-n2cccn2)c(C#Cc2cccnc2)c1. The zero-order valence-corrected chi connectivity index (χ0v) is 18.3. The Morgan fingerprint density at radius 2 is 1.94 bits per heavy atom. The third kappa shape index (κ3) is 5.22. The maximum absolute atomic E-state index is 12.7. The predicted molar refractivity (Wildman–Crippen MR) is 121 cm³/mol. The van der Waals surface area contributed by atoms with Gasteiger partial charge < -0.3 is 5.32 Å². The van der Waals surface area contributed by atoms with Gasteiger partial charge in [-0.25, -0.2) is 17.4 Å². The lowest BCUT2D eigenvalue weighted by molar-refractivity contribution is 0.0956. The van der Waals surface area contributed by atoms with Crippen LogP contribution >= 0.6 is 0 Å². The third-order valence-electron chi connectivity index (χ3n) is 5.12. The molecule has 164 valence electrons. The van der Waals surface area contributed by atoms with E-state index in [0.717, 1.165) is 24.1 Å². The van der Waals surface area contributed by atoms with Gasteiger partial charge in [-0.3, -0.25) is 9.78 Å². The minimum atomic E-state index is -3.34. The van der Waals surface area contributed by atoms with Crippen molar-refractivity contribution in [2.75, 3.05) is 25.4 Å². The monoisotopic (exact) mass is 449 g/mol. The molecule has 1 aliphatic heterocycles. The molecule has 0 saturated carbocycles. The van der Waals surface area contributed by atoms with Crippen molar-refractivity contribution in [3.05, 3.63) is 77.9 Å². The largest absolute Gasteiger partial charge is 0.351 e. The summed E-state index contributed by atoms with van der Waals surface area (Å²) < 4.78 is 27.9. The van der Waals surface area contributed by atoms with E-state index in [-0.39, 0.29) is 18.2 Å². The normalized spacial score (nSPS) is 14.0. The second-order valence-electron chi connectivity index (χ2n) is 7.35. The maximum atomic E-state index is 12.7. The maximum Gasteiger partial charge on any atom is 0.251 e. The van der Waals surface area contributed by atoms with Crippen molar-refractivity contribution >= 4 is 15.9 Å². The molecular formula is C23H23N5O3S. The minimum absolute atomic E-state index is 0.0509. The molecule has 0 atom stereocenters. The van der Waals surface area contributed by atoms with Crippen molar-refractivity contribution < 1.29 is 13.2 Å². The molecule has 0 aliphatic carbocycles. The quantitative estimate of drug-likeness (QED) is 0.579. The van der Waals surface area contributed by atoms with E-state index in [1.165, 1.54) is 4.31 Å². The van der Waals surface area contributed by atoms with Crippen molar-refractivity contribution in [1.82, 2.24) is 24.4 Å². The summed E-state index contributed by atoms with van der Waals surface area (Å²) in [7, 11) is -3.34. The Hall–Kier alpha value is -3.48. The topological polar surface area (TPSA) is 97.2 Å². The molecule has 8 nitrogen and oxygen atoms in total. The van der Waals surface area contributed by atoms with Crippen molar-refractivity contribution in [1.29, 1.82) is 0 Å². The molecular weight excluding hydrogens is 426 g/mol. The lowest BCUT2D eigenvalue weighted by Crippen LogP contribution is -2.36. The molecule has 1 aliphatic rings. The number of hydrogen-bond acceptors (Lipinski definition) is 5. The number of pyridine rings is 1. The van der Waals surface area contributed by atoms with E-state index in [1.54, 1.807) is 59.8 Å². The Morgan fingerprint density at radius 1 is 1.09 bits per heavy atom. The van der Waals surface area contributed by atoms with Crippen LogP contribution in [0.5, 0.6) is 0 Å². The smallest absolute Gasteiger partial charge is 0.251 e. The molecule has 3 heterocycles. The Labute approximate surface area is 187 Å². The van der Waals surface area contributed by atoms with Gasteiger partial charge in [0.05, 0.1) is 17.0 Å². The summed E-state index contributed by atoms with van der Waals surface area (Å²) >= 11 is 0. The number of benzene rings is 1. The van der Waals surface area contributed by atoms with Gasteiger partial charge in [-0.2, -0.15) is 5.10 Å². The highest BCUT2D eigenvalue weighted by atomic mass is 32.2. The van der Waals surface area contributed by atoms with Crippen molar-refractivity contribution in [3.63, 3.8) is 0 Å². The summed E-state index contributed by atoms with van der Waals surface area (Å²) in [5.41, 5.74) is 2.50. The zero-order chi connectivity index (χ0) is 22.4. The highest BCUT2D eigenvalue weighted by molar-refractivity contribution is 7.89. The molecule has 1 N–H and O–H groups in total. The van der Waals surface area contributed by atoms with Crippen LogP contribution < -0.4 is 5.32 Å². The molecule has 1 fully saturated rings. The number of rotatable bonds is 6. The number of hydrogen-bond donors (Lipinski definition) is 1. The number of sulfonamides is 1. The first-order valence-corrected chi connectivity index (χ1v) is 12.0. The fourth-order valence-electron chi connectivity index (χ4n) is 3.46. The molecule has 0 spiro atoms. The van der Waals surface area contributed by atoms with Gasteiger partial charge in [0.15, 0.2) is 0 Å². The number of nitrogens with one attached hydrogen (secondary N) is 1. The number of aromatic nitrogens is 3. The van der Waals surface area contributed by atoms with Crippen LogP contribution in [0.25, 0.3) is 5.69 Å². The number of carbonyl (C=O) groups excluding carboxylic acids is 1. The molecule has 4 rings (SSSR count). The molecule has 0 unspecified atom stereocenters. The molecule has 1 saturated heterocycles. The number of nitrogens with zero attached hydrogens (tertiary/aromatic N) is 4. The second-order valence-corrected chi connectivity index (χ2v) is 9.44. The zero-order valence-electron chi connectivity index (χ0n) is 17.4. The van der Waals surface area contributed by atoms with Crippen LogP contribution in [-0.4, -0.2) is 58.8 Å². The third-order valence-corrected chi connectivity index (χ3v) is 6.99. The lowest BCUT2D eigenvalue weighted by atomic mass is 10.1. The fourth-order valence-corrected chi connectivity index (χ4v) is 4.89. The average Bonchev–Trinajstić information content (AvgIpc) is 3.53. The molecule has 9 heteroatoms. The van der Waals surface area contributed by atoms with Crippen LogP contribution in [0.2, 0.25) is 0 Å². The van der Waals surface area contributed by atoms with E-state index in [9.17, 15) is 13.2 Å². The average molecular weight is 450 g/mol. The first-order chi connectivity index (χ1) is 15.5. The standard InChI is InChI=1S/C23H23N5O3S/c29-23(25-12-16-32(30,31)27-13-1-2-14-27)21-8-9-22(28-15-4-11-26-28)20(17-21)7-6-19-5-3-10-24-18-19/h3-5,8-11,15,17-18H,1-2,12-14,16H2,(H,25,29). The van der Waals surface area contributed by atoms with E-state index < -0.39 is 10.0 Å². The van der Waals surface area contributed by atoms with Gasteiger partial charge in [0, 0.05) is 55.5 Å². The fraction of sp³-hybridized carbons (Fsp3) is 0.261. The summed E-state index contributed by atoms with van der Waals surface area (Å²) in [5, 5.41) is 6.96. The minimum Gasteiger partial charge on any atom is -0.351 e. The Balaban J connectivity index is 1.51. The van der Waals surface area contributed by atoms with Crippen LogP contribution in [-0.2, 0) is 10.0 Å². The van der Waals surface area contributed by atoms with Crippen molar-refractivity contribution in [2.24, 2.45) is 0 Å². The summed E-state index contributed by atoms with van der Waals surface area (Å²) in [6, 6.07) is 10.6. The van der Waals surface area contributed by atoms with E-state index in [1.807, 2.05) is 6.07 Å². The summed E-state index contributed by atoms with van der Waals surface area (Å²) in [4.78, 5) is 16.7. The first kappa shape index (κ1) is 21.7. The molecule has 1 aromatic carbocycles. The van der Waals surface area contributed by atoms with Gasteiger partial charge in [0.25, 0.3) is 5.91 Å². The molecule has 3 aromatic rings. The van der Waals surface area contributed by atoms with Gasteiger partial charge in [-0.1, -0.05) is 11.8 Å². The Morgan fingerprint density at radius 3 is 2.66 bits per heavy atom.